The third-order valence-corrected chi connectivity index (χ3v) is 3.61. The highest BCUT2D eigenvalue weighted by Gasteiger charge is 2.10. The molecule has 0 aliphatic carbocycles. The highest BCUT2D eigenvalue weighted by molar-refractivity contribution is 9.10. The summed E-state index contributed by atoms with van der Waals surface area (Å²) in [6.07, 6.45) is 1.36. The number of halogens is 2. The van der Waals surface area contributed by atoms with Gasteiger partial charge in [0.05, 0.1) is 24.1 Å². The molecule has 0 N–H and O–H groups in total. The van der Waals surface area contributed by atoms with Crippen LogP contribution in [0.4, 0.5) is 4.39 Å². The van der Waals surface area contributed by atoms with Crippen molar-refractivity contribution in [3.63, 3.8) is 0 Å². The van der Waals surface area contributed by atoms with Gasteiger partial charge in [0.2, 0.25) is 0 Å². The molecular weight excluding hydrogens is 313 g/mol. The maximum Gasteiger partial charge on any atom is 0.268 e. The minimum absolute atomic E-state index is 0.0338. The van der Waals surface area contributed by atoms with Crippen molar-refractivity contribution < 1.29 is 4.39 Å². The molecule has 1 aromatic heterocycles. The Morgan fingerprint density at radius 1 is 1.53 bits per heavy atom. The monoisotopic (exact) mass is 321 g/mol. The molecule has 6 heteroatoms. The number of aryl methyl sites for hydroxylation is 1. The van der Waals surface area contributed by atoms with Crippen LogP contribution < -0.4 is 5.56 Å². The molecule has 96 valence electrons. The van der Waals surface area contributed by atoms with Gasteiger partial charge in [-0.1, -0.05) is 12.1 Å². The molecule has 0 atom stereocenters. The van der Waals surface area contributed by atoms with Crippen molar-refractivity contribution in [3.8, 4) is 6.07 Å². The van der Waals surface area contributed by atoms with Crippen LogP contribution in [0.3, 0.4) is 0 Å². The summed E-state index contributed by atoms with van der Waals surface area (Å²) >= 11 is 3.15. The molecular formula is C13H9BrFN3O. The molecule has 0 bridgehead atoms. The topological polar surface area (TPSA) is 58.7 Å². The molecule has 0 fully saturated rings. The van der Waals surface area contributed by atoms with Gasteiger partial charge in [-0.3, -0.25) is 9.36 Å². The average Bonchev–Trinajstić information content (AvgIpc) is 2.41. The van der Waals surface area contributed by atoms with Gasteiger partial charge in [-0.05, 0) is 28.9 Å². The Morgan fingerprint density at radius 2 is 2.26 bits per heavy atom. The highest BCUT2D eigenvalue weighted by Crippen LogP contribution is 2.13. The largest absolute Gasteiger partial charge is 0.294 e. The minimum Gasteiger partial charge on any atom is -0.294 e. The Kier molecular flexibility index (Phi) is 3.76. The van der Waals surface area contributed by atoms with Gasteiger partial charge >= 0.3 is 0 Å². The van der Waals surface area contributed by atoms with Crippen LogP contribution in [0.5, 0.6) is 0 Å². The number of hydrogen-bond acceptors (Lipinski definition) is 3. The zero-order valence-corrected chi connectivity index (χ0v) is 11.6. The van der Waals surface area contributed by atoms with Crippen LogP contribution in [0.15, 0.2) is 33.8 Å². The fraction of sp³-hybridized carbons (Fsp3) is 0.154. The van der Waals surface area contributed by atoms with Gasteiger partial charge in [0.25, 0.3) is 5.56 Å². The summed E-state index contributed by atoms with van der Waals surface area (Å²) in [5.41, 5.74) is 0.533. The number of nitriles is 1. The summed E-state index contributed by atoms with van der Waals surface area (Å²) in [6.45, 7) is 1.73. The first-order chi connectivity index (χ1) is 9.04. The molecule has 0 unspecified atom stereocenters. The quantitative estimate of drug-likeness (QED) is 0.853. The third-order valence-electron chi connectivity index (χ3n) is 2.70. The molecule has 2 rings (SSSR count). The van der Waals surface area contributed by atoms with Gasteiger partial charge in [0.1, 0.15) is 16.4 Å². The molecule has 0 amide bonds. The zero-order valence-electron chi connectivity index (χ0n) is 10.0. The molecule has 0 aliphatic rings. The van der Waals surface area contributed by atoms with Crippen LogP contribution >= 0.6 is 15.9 Å². The Bertz CT molecular complexity index is 734. The van der Waals surface area contributed by atoms with Crippen molar-refractivity contribution in [2.24, 2.45) is 0 Å². The van der Waals surface area contributed by atoms with Crippen LogP contribution in [0, 0.1) is 24.1 Å². The third kappa shape index (κ3) is 2.56. The number of rotatable bonds is 2. The second-order valence-electron chi connectivity index (χ2n) is 3.97. The number of aromatic nitrogens is 2. The standard InChI is InChI=1S/C13H9BrFN3O/c1-8-11(14)13(19)18(7-17-8)6-10-4-2-3-9(5-16)12(10)15/h2-4,7H,6H2,1H3. The van der Waals surface area contributed by atoms with Crippen LogP contribution in [0.1, 0.15) is 16.8 Å². The smallest absolute Gasteiger partial charge is 0.268 e. The number of benzene rings is 1. The fourth-order valence-electron chi connectivity index (χ4n) is 1.63. The maximum absolute atomic E-state index is 13.9. The summed E-state index contributed by atoms with van der Waals surface area (Å²) < 4.78 is 15.5. The molecule has 0 radical (unpaired) electrons. The molecule has 4 nitrogen and oxygen atoms in total. The lowest BCUT2D eigenvalue weighted by Crippen LogP contribution is -2.23. The lowest BCUT2D eigenvalue weighted by molar-refractivity contribution is 0.590. The first-order valence-corrected chi connectivity index (χ1v) is 6.23. The van der Waals surface area contributed by atoms with Crippen molar-refractivity contribution in [2.75, 3.05) is 0 Å². The Balaban J connectivity index is 2.46. The number of nitrogens with zero attached hydrogens (tertiary/aromatic N) is 3. The van der Waals surface area contributed by atoms with Gasteiger partial charge in [-0.25, -0.2) is 9.37 Å². The van der Waals surface area contributed by atoms with E-state index in [1.807, 2.05) is 0 Å². The molecule has 2 aromatic rings. The van der Waals surface area contributed by atoms with E-state index in [1.54, 1.807) is 19.1 Å². The molecule has 0 saturated carbocycles. The summed E-state index contributed by atoms with van der Waals surface area (Å²) in [7, 11) is 0. The van der Waals surface area contributed by atoms with E-state index < -0.39 is 5.82 Å². The average molecular weight is 322 g/mol. The van der Waals surface area contributed by atoms with E-state index in [0.29, 0.717) is 10.2 Å². The van der Waals surface area contributed by atoms with Gasteiger partial charge in [-0.15, -0.1) is 0 Å². The van der Waals surface area contributed by atoms with Crippen LogP contribution in [-0.4, -0.2) is 9.55 Å². The van der Waals surface area contributed by atoms with E-state index in [4.69, 9.17) is 5.26 Å². The summed E-state index contributed by atoms with van der Waals surface area (Å²) in [5, 5.41) is 8.77. The fourth-order valence-corrected chi connectivity index (χ4v) is 1.96. The predicted octanol–water partition coefficient (Wildman–Crippen LogP) is 2.37. The summed E-state index contributed by atoms with van der Waals surface area (Å²) in [6, 6.07) is 6.28. The SMILES string of the molecule is Cc1ncn(Cc2cccc(C#N)c2F)c(=O)c1Br. The van der Waals surface area contributed by atoms with E-state index in [2.05, 4.69) is 20.9 Å². The van der Waals surface area contributed by atoms with Crippen molar-refractivity contribution in [1.29, 1.82) is 5.26 Å². The number of hydrogen-bond donors (Lipinski definition) is 0. The minimum atomic E-state index is -0.603. The van der Waals surface area contributed by atoms with E-state index in [0.717, 1.165) is 0 Å². The van der Waals surface area contributed by atoms with E-state index in [1.165, 1.54) is 23.0 Å². The summed E-state index contributed by atoms with van der Waals surface area (Å²) in [4.78, 5) is 16.0. The Morgan fingerprint density at radius 3 is 2.95 bits per heavy atom. The van der Waals surface area contributed by atoms with E-state index >= 15 is 0 Å². The molecule has 1 heterocycles. The lowest BCUT2D eigenvalue weighted by Gasteiger charge is -2.08. The molecule has 0 aliphatic heterocycles. The molecule has 0 saturated heterocycles. The first kappa shape index (κ1) is 13.4. The maximum atomic E-state index is 13.9. The second kappa shape index (κ2) is 5.33. The van der Waals surface area contributed by atoms with Crippen LogP contribution in [0.25, 0.3) is 0 Å². The highest BCUT2D eigenvalue weighted by atomic mass is 79.9. The van der Waals surface area contributed by atoms with Gasteiger partial charge in [0.15, 0.2) is 0 Å². The first-order valence-electron chi connectivity index (χ1n) is 5.43. The van der Waals surface area contributed by atoms with Crippen molar-refractivity contribution in [1.82, 2.24) is 9.55 Å². The Labute approximate surface area is 117 Å². The van der Waals surface area contributed by atoms with Gasteiger partial charge in [-0.2, -0.15) is 5.26 Å². The molecule has 0 spiro atoms. The van der Waals surface area contributed by atoms with E-state index in [9.17, 15) is 9.18 Å². The lowest BCUT2D eigenvalue weighted by atomic mass is 10.1. The zero-order chi connectivity index (χ0) is 14.0. The van der Waals surface area contributed by atoms with Crippen LogP contribution in [0.2, 0.25) is 0 Å². The van der Waals surface area contributed by atoms with Gasteiger partial charge in [0, 0.05) is 5.56 Å². The predicted molar refractivity (Wildman–Crippen MR) is 71.2 cm³/mol. The normalized spacial score (nSPS) is 10.2. The van der Waals surface area contributed by atoms with Crippen molar-refractivity contribution >= 4 is 15.9 Å². The van der Waals surface area contributed by atoms with E-state index in [-0.39, 0.29) is 23.2 Å². The summed E-state index contributed by atoms with van der Waals surface area (Å²) in [5.74, 6) is -0.603. The molecule has 19 heavy (non-hydrogen) atoms. The molecule has 1 aromatic carbocycles. The second-order valence-corrected chi connectivity index (χ2v) is 4.76. The van der Waals surface area contributed by atoms with Gasteiger partial charge < -0.3 is 0 Å². The van der Waals surface area contributed by atoms with Crippen LogP contribution in [-0.2, 0) is 6.54 Å². The van der Waals surface area contributed by atoms with Crippen molar-refractivity contribution in [3.05, 3.63) is 62.0 Å². The van der Waals surface area contributed by atoms with Crippen molar-refractivity contribution in [2.45, 2.75) is 13.5 Å². The Hall–Kier alpha value is -2.00.